The highest BCUT2D eigenvalue weighted by Gasteiger charge is 2.21. The molecule has 1 saturated heterocycles. The first-order valence-corrected chi connectivity index (χ1v) is 9.22. The third-order valence-corrected chi connectivity index (χ3v) is 4.74. The van der Waals surface area contributed by atoms with Gasteiger partial charge in [0.15, 0.2) is 0 Å². The summed E-state index contributed by atoms with van der Waals surface area (Å²) in [6.07, 6.45) is 0. The van der Waals surface area contributed by atoms with E-state index in [4.69, 9.17) is 16.3 Å². The molecule has 1 heterocycles. The first-order chi connectivity index (χ1) is 12.6. The molecule has 0 spiro atoms. The average molecular weight is 374 g/mol. The van der Waals surface area contributed by atoms with Crippen molar-refractivity contribution in [3.63, 3.8) is 0 Å². The van der Waals surface area contributed by atoms with Crippen molar-refractivity contribution in [2.45, 2.75) is 6.92 Å². The molecule has 0 unspecified atom stereocenters. The summed E-state index contributed by atoms with van der Waals surface area (Å²) in [6.45, 7) is 6.52. The van der Waals surface area contributed by atoms with Crippen LogP contribution in [0.15, 0.2) is 48.5 Å². The summed E-state index contributed by atoms with van der Waals surface area (Å²) in [7, 11) is 0. The van der Waals surface area contributed by atoms with Crippen molar-refractivity contribution in [3.8, 4) is 5.75 Å². The van der Waals surface area contributed by atoms with Gasteiger partial charge in [-0.2, -0.15) is 0 Å². The fourth-order valence-corrected chi connectivity index (χ4v) is 3.14. The van der Waals surface area contributed by atoms with E-state index in [1.54, 1.807) is 0 Å². The molecule has 0 atom stereocenters. The Balaban J connectivity index is 1.40. The van der Waals surface area contributed by atoms with Gasteiger partial charge in [-0.15, -0.1) is 0 Å². The van der Waals surface area contributed by atoms with Gasteiger partial charge in [-0.25, -0.2) is 4.79 Å². The Kier molecular flexibility index (Phi) is 6.36. The second-order valence-electron chi connectivity index (χ2n) is 6.41. The van der Waals surface area contributed by atoms with Crippen LogP contribution in [-0.2, 0) is 0 Å². The van der Waals surface area contributed by atoms with E-state index in [1.165, 1.54) is 0 Å². The highest BCUT2D eigenvalue weighted by molar-refractivity contribution is 6.32. The van der Waals surface area contributed by atoms with Gasteiger partial charge in [0.2, 0.25) is 0 Å². The Labute approximate surface area is 159 Å². The smallest absolute Gasteiger partial charge is 0.321 e. The molecule has 6 heteroatoms. The van der Waals surface area contributed by atoms with Gasteiger partial charge in [0.05, 0.1) is 5.02 Å². The Morgan fingerprint density at radius 3 is 2.62 bits per heavy atom. The van der Waals surface area contributed by atoms with Gasteiger partial charge < -0.3 is 15.0 Å². The molecule has 1 aliphatic heterocycles. The molecule has 0 aliphatic carbocycles. The first-order valence-electron chi connectivity index (χ1n) is 8.84. The van der Waals surface area contributed by atoms with E-state index < -0.39 is 0 Å². The number of hydrogen-bond donors (Lipinski definition) is 1. The number of hydrogen-bond acceptors (Lipinski definition) is 3. The summed E-state index contributed by atoms with van der Waals surface area (Å²) in [4.78, 5) is 16.5. The number of benzene rings is 2. The minimum absolute atomic E-state index is 0.0393. The number of halogens is 1. The summed E-state index contributed by atoms with van der Waals surface area (Å²) in [6, 6.07) is 15.3. The van der Waals surface area contributed by atoms with Crippen LogP contribution < -0.4 is 10.1 Å². The maximum atomic E-state index is 12.4. The van der Waals surface area contributed by atoms with Crippen LogP contribution >= 0.6 is 11.6 Å². The average Bonchev–Trinajstić information content (AvgIpc) is 2.64. The normalized spacial score (nSPS) is 14.9. The number of amides is 2. The van der Waals surface area contributed by atoms with E-state index in [-0.39, 0.29) is 6.03 Å². The number of anilines is 1. The highest BCUT2D eigenvalue weighted by atomic mass is 35.5. The van der Waals surface area contributed by atoms with E-state index in [9.17, 15) is 4.79 Å². The number of aryl methyl sites for hydroxylation is 1. The van der Waals surface area contributed by atoms with Crippen LogP contribution in [0.2, 0.25) is 5.02 Å². The molecular formula is C20H24ClN3O2. The second-order valence-corrected chi connectivity index (χ2v) is 6.81. The van der Waals surface area contributed by atoms with E-state index in [0.29, 0.717) is 30.5 Å². The molecule has 1 N–H and O–H groups in total. The van der Waals surface area contributed by atoms with Gasteiger partial charge in [0.1, 0.15) is 12.4 Å². The first kappa shape index (κ1) is 18.5. The zero-order valence-electron chi connectivity index (χ0n) is 15.0. The molecule has 3 rings (SSSR count). The molecule has 2 aromatic carbocycles. The number of para-hydroxylation sites is 1. The molecular weight excluding hydrogens is 350 g/mol. The fourth-order valence-electron chi connectivity index (χ4n) is 2.95. The fraction of sp³-hybridized carbons (Fsp3) is 0.350. The monoisotopic (exact) mass is 373 g/mol. The topological polar surface area (TPSA) is 44.8 Å². The van der Waals surface area contributed by atoms with Gasteiger partial charge in [-0.05, 0) is 36.8 Å². The lowest BCUT2D eigenvalue weighted by Crippen LogP contribution is -2.50. The number of carbonyl (C=O) groups excluding carboxylic acids is 1. The number of piperazine rings is 1. The van der Waals surface area contributed by atoms with Crippen molar-refractivity contribution < 1.29 is 9.53 Å². The molecule has 138 valence electrons. The van der Waals surface area contributed by atoms with E-state index >= 15 is 0 Å². The zero-order valence-corrected chi connectivity index (χ0v) is 15.7. The molecule has 1 fully saturated rings. The molecule has 0 radical (unpaired) electrons. The SMILES string of the molecule is Cc1cccc(NC(=O)N2CCN(CCOc3ccccc3Cl)CC2)c1. The van der Waals surface area contributed by atoms with Crippen molar-refractivity contribution in [1.82, 2.24) is 9.80 Å². The number of nitrogens with one attached hydrogen (secondary N) is 1. The van der Waals surface area contributed by atoms with Crippen molar-refractivity contribution in [3.05, 3.63) is 59.1 Å². The Morgan fingerprint density at radius 2 is 1.88 bits per heavy atom. The van der Waals surface area contributed by atoms with Crippen LogP contribution in [0, 0.1) is 6.92 Å². The lowest BCUT2D eigenvalue weighted by atomic mass is 10.2. The lowest BCUT2D eigenvalue weighted by molar-refractivity contribution is 0.132. The number of urea groups is 1. The third kappa shape index (κ3) is 5.13. The highest BCUT2D eigenvalue weighted by Crippen LogP contribution is 2.23. The van der Waals surface area contributed by atoms with Gasteiger partial charge in [-0.1, -0.05) is 35.9 Å². The van der Waals surface area contributed by atoms with E-state index in [2.05, 4.69) is 10.2 Å². The Bertz CT molecular complexity index is 745. The van der Waals surface area contributed by atoms with Crippen LogP contribution in [0.3, 0.4) is 0 Å². The maximum Gasteiger partial charge on any atom is 0.321 e. The molecule has 5 nitrogen and oxygen atoms in total. The van der Waals surface area contributed by atoms with Crippen LogP contribution in [0.1, 0.15) is 5.56 Å². The Hall–Kier alpha value is -2.24. The van der Waals surface area contributed by atoms with Crippen molar-refractivity contribution in [2.24, 2.45) is 0 Å². The lowest BCUT2D eigenvalue weighted by Gasteiger charge is -2.34. The van der Waals surface area contributed by atoms with Gasteiger partial charge in [0.25, 0.3) is 0 Å². The second kappa shape index (κ2) is 8.92. The molecule has 26 heavy (non-hydrogen) atoms. The van der Waals surface area contributed by atoms with Crippen LogP contribution in [0.5, 0.6) is 5.75 Å². The third-order valence-electron chi connectivity index (χ3n) is 4.43. The summed E-state index contributed by atoms with van der Waals surface area (Å²) < 4.78 is 5.74. The van der Waals surface area contributed by atoms with E-state index in [1.807, 2.05) is 60.4 Å². The molecule has 1 aliphatic rings. The number of ether oxygens (including phenoxy) is 1. The van der Waals surface area contributed by atoms with Crippen LogP contribution in [0.4, 0.5) is 10.5 Å². The quantitative estimate of drug-likeness (QED) is 0.865. The maximum absolute atomic E-state index is 12.4. The van der Waals surface area contributed by atoms with Gasteiger partial charge in [-0.3, -0.25) is 4.90 Å². The molecule has 0 bridgehead atoms. The van der Waals surface area contributed by atoms with Gasteiger partial charge >= 0.3 is 6.03 Å². The van der Waals surface area contributed by atoms with Crippen LogP contribution in [0.25, 0.3) is 0 Å². The van der Waals surface area contributed by atoms with Crippen molar-refractivity contribution in [2.75, 3.05) is 44.6 Å². The number of nitrogens with zero attached hydrogens (tertiary/aromatic N) is 2. The predicted molar refractivity (Wildman–Crippen MR) is 105 cm³/mol. The summed E-state index contributed by atoms with van der Waals surface area (Å²) >= 11 is 6.09. The number of rotatable bonds is 5. The minimum Gasteiger partial charge on any atom is -0.491 e. The van der Waals surface area contributed by atoms with Crippen molar-refractivity contribution >= 4 is 23.3 Å². The largest absolute Gasteiger partial charge is 0.491 e. The zero-order chi connectivity index (χ0) is 18.4. The van der Waals surface area contributed by atoms with E-state index in [0.717, 1.165) is 30.9 Å². The summed E-state index contributed by atoms with van der Waals surface area (Å²) in [5.41, 5.74) is 1.97. The number of carbonyl (C=O) groups is 1. The van der Waals surface area contributed by atoms with Crippen LogP contribution in [-0.4, -0.2) is 55.2 Å². The molecule has 0 saturated carbocycles. The van der Waals surface area contributed by atoms with Gasteiger partial charge in [0, 0.05) is 38.4 Å². The molecule has 0 aromatic heterocycles. The molecule has 2 aromatic rings. The molecule has 2 amide bonds. The summed E-state index contributed by atoms with van der Waals surface area (Å²) in [5, 5.41) is 3.60. The minimum atomic E-state index is -0.0393. The Morgan fingerprint density at radius 1 is 1.12 bits per heavy atom. The summed E-state index contributed by atoms with van der Waals surface area (Å²) in [5.74, 6) is 0.713. The van der Waals surface area contributed by atoms with Crippen molar-refractivity contribution in [1.29, 1.82) is 0 Å². The predicted octanol–water partition coefficient (Wildman–Crippen LogP) is 3.88. The standard InChI is InChI=1S/C20H24ClN3O2/c1-16-5-4-6-17(15-16)22-20(25)24-11-9-23(10-12-24)13-14-26-19-8-3-2-7-18(19)21/h2-8,15H,9-14H2,1H3,(H,22,25).